The molecule has 3 heterocycles. The van der Waals surface area contributed by atoms with Gasteiger partial charge < -0.3 is 10.3 Å². The van der Waals surface area contributed by atoms with Crippen LogP contribution in [0.5, 0.6) is 0 Å². The van der Waals surface area contributed by atoms with E-state index in [0.29, 0.717) is 0 Å². The topological polar surface area (TPSA) is 101 Å². The van der Waals surface area contributed by atoms with Gasteiger partial charge in [0.15, 0.2) is 11.3 Å². The van der Waals surface area contributed by atoms with Gasteiger partial charge in [0.1, 0.15) is 17.7 Å². The third-order valence-corrected chi connectivity index (χ3v) is 4.07. The fourth-order valence-electron chi connectivity index (χ4n) is 2.74. The summed E-state index contributed by atoms with van der Waals surface area (Å²) in [6.45, 7) is -0.680. The van der Waals surface area contributed by atoms with E-state index in [1.165, 1.54) is 23.4 Å². The Morgan fingerprint density at radius 2 is 2.07 bits per heavy atom. The van der Waals surface area contributed by atoms with E-state index in [1.807, 2.05) is 0 Å². The molecule has 4 aromatic rings. The van der Waals surface area contributed by atoms with Crippen molar-refractivity contribution in [2.45, 2.75) is 12.7 Å². The molecule has 0 unspecified atom stereocenters. The monoisotopic (exact) mass is 405 g/mol. The number of halogens is 4. The molecule has 0 fully saturated rings. The molecule has 148 valence electrons. The number of carbonyl (C=O) groups excluding carboxylic acids is 1. The molecule has 1 aromatic carbocycles. The predicted octanol–water partition coefficient (Wildman–Crippen LogP) is 2.63. The maximum absolute atomic E-state index is 14.0. The number of hydrogen-bond acceptors (Lipinski definition) is 5. The number of amides is 1. The highest BCUT2D eigenvalue weighted by atomic mass is 19.4. The number of carbonyl (C=O) groups is 1. The molecule has 0 aliphatic heterocycles. The molecule has 2 N–H and O–H groups in total. The molecule has 0 aliphatic carbocycles. The predicted molar refractivity (Wildman–Crippen MR) is 91.4 cm³/mol. The Labute approximate surface area is 159 Å². The van der Waals surface area contributed by atoms with E-state index in [0.717, 1.165) is 18.2 Å². The lowest BCUT2D eigenvalue weighted by Gasteiger charge is -2.14. The van der Waals surface area contributed by atoms with Gasteiger partial charge in [-0.15, -0.1) is 0 Å². The van der Waals surface area contributed by atoms with E-state index in [1.54, 1.807) is 6.20 Å². The average molecular weight is 405 g/mol. The largest absolute Gasteiger partial charge is 0.416 e. The minimum absolute atomic E-state index is 0.0918. The number of rotatable bonds is 4. The molecule has 8 nitrogen and oxygen atoms in total. The number of hydrogen-bond donors (Lipinski definition) is 2. The Morgan fingerprint density at radius 3 is 2.79 bits per heavy atom. The van der Waals surface area contributed by atoms with E-state index in [4.69, 9.17) is 0 Å². The molecule has 3 aromatic heterocycles. The number of alkyl halides is 3. The smallest absolute Gasteiger partial charge is 0.346 e. The van der Waals surface area contributed by atoms with Crippen molar-refractivity contribution < 1.29 is 22.4 Å². The number of nitrogens with zero attached hydrogens (tertiary/aromatic N) is 5. The first-order valence-corrected chi connectivity index (χ1v) is 8.17. The number of aromatic nitrogens is 6. The van der Waals surface area contributed by atoms with Crippen molar-refractivity contribution in [1.82, 2.24) is 34.8 Å². The number of H-pyrrole nitrogens is 1. The summed E-state index contributed by atoms with van der Waals surface area (Å²) in [4.78, 5) is 31.5. The highest BCUT2D eigenvalue weighted by molar-refractivity contribution is 6.02. The van der Waals surface area contributed by atoms with Crippen molar-refractivity contribution in [2.24, 2.45) is 0 Å². The zero-order chi connectivity index (χ0) is 20.6. The van der Waals surface area contributed by atoms with Crippen LogP contribution in [0, 0.1) is 5.82 Å². The fourth-order valence-corrected chi connectivity index (χ4v) is 2.74. The molecule has 0 saturated carbocycles. The third-order valence-electron chi connectivity index (χ3n) is 4.07. The van der Waals surface area contributed by atoms with Crippen LogP contribution in [0.2, 0.25) is 0 Å². The maximum Gasteiger partial charge on any atom is 0.416 e. The quantitative estimate of drug-likeness (QED) is 0.509. The first-order valence-electron chi connectivity index (χ1n) is 8.17. The van der Waals surface area contributed by atoms with E-state index >= 15 is 0 Å². The SMILES string of the molecule is O=C(NCc1c(F)cccc1C(F)(F)F)c1nc(-n2ccnc2)nc2nc[nH]c12. The van der Waals surface area contributed by atoms with E-state index in [2.05, 4.69) is 30.2 Å². The van der Waals surface area contributed by atoms with Gasteiger partial charge in [-0.25, -0.2) is 19.3 Å². The van der Waals surface area contributed by atoms with Crippen LogP contribution in [0.1, 0.15) is 21.6 Å². The Morgan fingerprint density at radius 1 is 1.24 bits per heavy atom. The van der Waals surface area contributed by atoms with Crippen LogP contribution in [0.25, 0.3) is 17.1 Å². The Hall–Kier alpha value is -3.83. The van der Waals surface area contributed by atoms with Gasteiger partial charge in [-0.1, -0.05) is 6.07 Å². The van der Waals surface area contributed by atoms with Crippen LogP contribution in [0.3, 0.4) is 0 Å². The zero-order valence-corrected chi connectivity index (χ0v) is 14.4. The van der Waals surface area contributed by atoms with Crippen LogP contribution >= 0.6 is 0 Å². The first-order chi connectivity index (χ1) is 13.8. The standard InChI is InChI=1S/C17H11F4N7O/c18-11-3-1-2-10(17(19,20)21)9(11)6-23-15(29)13-12-14(25-7-24-12)27-16(26-13)28-5-4-22-8-28/h1-5,7-8H,6H2,(H,23,29)(H,24,25,26,27). The molecule has 29 heavy (non-hydrogen) atoms. The number of nitrogens with one attached hydrogen (secondary N) is 2. The van der Waals surface area contributed by atoms with Crippen molar-refractivity contribution in [3.8, 4) is 5.95 Å². The van der Waals surface area contributed by atoms with Crippen LogP contribution in [0.4, 0.5) is 17.6 Å². The van der Waals surface area contributed by atoms with Crippen LogP contribution < -0.4 is 5.32 Å². The lowest BCUT2D eigenvalue weighted by Crippen LogP contribution is -2.27. The van der Waals surface area contributed by atoms with Gasteiger partial charge in [0.05, 0.1) is 11.9 Å². The van der Waals surface area contributed by atoms with Crippen molar-refractivity contribution in [2.75, 3.05) is 0 Å². The van der Waals surface area contributed by atoms with Gasteiger partial charge >= 0.3 is 6.18 Å². The van der Waals surface area contributed by atoms with Crippen LogP contribution in [0.15, 0.2) is 43.2 Å². The maximum atomic E-state index is 14.0. The minimum atomic E-state index is -4.76. The summed E-state index contributed by atoms with van der Waals surface area (Å²) in [5.41, 5.74) is -1.61. The lowest BCUT2D eigenvalue weighted by molar-refractivity contribution is -0.138. The molecule has 0 saturated heterocycles. The Balaban J connectivity index is 1.67. The molecule has 1 amide bonds. The number of aromatic amines is 1. The second-order valence-electron chi connectivity index (χ2n) is 5.89. The second kappa shape index (κ2) is 6.96. The summed E-state index contributed by atoms with van der Waals surface area (Å²) in [6, 6.07) is 2.60. The normalized spacial score (nSPS) is 11.7. The van der Waals surface area contributed by atoms with Gasteiger partial charge in [0.25, 0.3) is 5.91 Å². The Kier molecular flexibility index (Phi) is 4.45. The molecular weight excluding hydrogens is 394 g/mol. The summed E-state index contributed by atoms with van der Waals surface area (Å²) < 4.78 is 54.8. The lowest BCUT2D eigenvalue weighted by atomic mass is 10.1. The number of benzene rings is 1. The van der Waals surface area contributed by atoms with Crippen molar-refractivity contribution in [3.63, 3.8) is 0 Å². The molecular formula is C17H11F4N7O. The third kappa shape index (κ3) is 3.51. The highest BCUT2D eigenvalue weighted by Gasteiger charge is 2.34. The van der Waals surface area contributed by atoms with Crippen molar-refractivity contribution in [3.05, 3.63) is 65.9 Å². The van der Waals surface area contributed by atoms with Gasteiger partial charge in [0, 0.05) is 24.5 Å². The Bertz CT molecular complexity index is 1180. The molecule has 12 heteroatoms. The minimum Gasteiger partial charge on any atom is -0.346 e. The fraction of sp³-hybridized carbons (Fsp3) is 0.118. The van der Waals surface area contributed by atoms with Crippen molar-refractivity contribution >= 4 is 17.1 Å². The van der Waals surface area contributed by atoms with Gasteiger partial charge in [-0.05, 0) is 12.1 Å². The molecule has 0 radical (unpaired) electrons. The van der Waals surface area contributed by atoms with Gasteiger partial charge in [0.2, 0.25) is 5.95 Å². The van der Waals surface area contributed by atoms with Gasteiger partial charge in [-0.2, -0.15) is 18.2 Å². The van der Waals surface area contributed by atoms with E-state index in [-0.39, 0.29) is 22.8 Å². The second-order valence-corrected chi connectivity index (χ2v) is 5.89. The highest BCUT2D eigenvalue weighted by Crippen LogP contribution is 2.33. The molecule has 0 bridgehead atoms. The zero-order valence-electron chi connectivity index (χ0n) is 14.4. The summed E-state index contributed by atoms with van der Waals surface area (Å²) in [5, 5.41) is 2.28. The number of imidazole rings is 2. The first kappa shape index (κ1) is 18.5. The van der Waals surface area contributed by atoms with E-state index in [9.17, 15) is 22.4 Å². The molecule has 4 rings (SSSR count). The van der Waals surface area contributed by atoms with Crippen LogP contribution in [-0.4, -0.2) is 35.4 Å². The van der Waals surface area contributed by atoms with Crippen molar-refractivity contribution in [1.29, 1.82) is 0 Å². The summed E-state index contributed by atoms with van der Waals surface area (Å²) in [5.74, 6) is -1.80. The molecule has 0 atom stereocenters. The molecule has 0 spiro atoms. The van der Waals surface area contributed by atoms with E-state index < -0.39 is 35.6 Å². The summed E-state index contributed by atoms with van der Waals surface area (Å²) in [6.07, 6.45) is 0.971. The van der Waals surface area contributed by atoms with Crippen LogP contribution in [-0.2, 0) is 12.7 Å². The molecule has 0 aliphatic rings. The summed E-state index contributed by atoms with van der Waals surface area (Å²) >= 11 is 0. The average Bonchev–Trinajstić information content (AvgIpc) is 3.36. The van der Waals surface area contributed by atoms with Gasteiger partial charge in [-0.3, -0.25) is 9.36 Å². The summed E-state index contributed by atoms with van der Waals surface area (Å²) in [7, 11) is 0. The number of fused-ring (bicyclic) bond motifs is 1.